The maximum Gasteiger partial charge on any atom is 0.239 e. The van der Waals surface area contributed by atoms with Crippen LogP contribution in [0.15, 0.2) is 39.5 Å². The predicted octanol–water partition coefficient (Wildman–Crippen LogP) is -0.236. The van der Waals surface area contributed by atoms with E-state index in [-0.39, 0.29) is 39.5 Å². The van der Waals surface area contributed by atoms with E-state index in [9.17, 15) is 40.5 Å². The van der Waals surface area contributed by atoms with Crippen molar-refractivity contribution in [2.75, 3.05) is 13.7 Å². The summed E-state index contributed by atoms with van der Waals surface area (Å²) < 4.78 is 21.6. The average Bonchev–Trinajstić information content (AvgIpc) is 2.80. The molecule has 0 unspecified atom stereocenters. The summed E-state index contributed by atoms with van der Waals surface area (Å²) in [5.41, 5.74) is -1.03. The number of hydrogen-bond acceptors (Lipinski definition) is 12. The highest BCUT2D eigenvalue weighted by atomic mass is 16.7. The van der Waals surface area contributed by atoms with Crippen molar-refractivity contribution in [2.24, 2.45) is 0 Å². The number of aromatic hydroxyl groups is 3. The molecule has 1 saturated heterocycles. The van der Waals surface area contributed by atoms with Crippen molar-refractivity contribution in [1.82, 2.24) is 0 Å². The van der Waals surface area contributed by atoms with Gasteiger partial charge in [0.1, 0.15) is 46.9 Å². The van der Waals surface area contributed by atoms with Crippen molar-refractivity contribution in [1.29, 1.82) is 0 Å². The molecule has 0 amide bonds. The molecule has 0 saturated carbocycles. The minimum absolute atomic E-state index is 0.111. The van der Waals surface area contributed by atoms with Gasteiger partial charge in [0.15, 0.2) is 17.3 Å². The van der Waals surface area contributed by atoms with Crippen LogP contribution in [0.5, 0.6) is 28.7 Å². The second-order valence-electron chi connectivity index (χ2n) is 7.63. The first-order chi connectivity index (χ1) is 16.2. The zero-order chi connectivity index (χ0) is 24.7. The lowest BCUT2D eigenvalue weighted by Gasteiger charge is -2.39. The number of phenolic OH excluding ortho intramolecular Hbond substituents is 3. The van der Waals surface area contributed by atoms with Crippen molar-refractivity contribution in [3.63, 3.8) is 0 Å². The third-order valence-corrected chi connectivity index (χ3v) is 5.44. The zero-order valence-corrected chi connectivity index (χ0v) is 17.7. The van der Waals surface area contributed by atoms with Gasteiger partial charge < -0.3 is 54.4 Å². The number of hydrogen-bond donors (Lipinski definition) is 7. The molecule has 4 rings (SSSR count). The second kappa shape index (κ2) is 9.00. The molecule has 2 heterocycles. The molecule has 0 radical (unpaired) electrons. The quantitative estimate of drug-likeness (QED) is 0.254. The summed E-state index contributed by atoms with van der Waals surface area (Å²) in [7, 11) is 1.34. The Hall–Kier alpha value is -3.55. The van der Waals surface area contributed by atoms with Crippen molar-refractivity contribution < 1.29 is 54.4 Å². The Labute approximate surface area is 191 Å². The van der Waals surface area contributed by atoms with Crippen LogP contribution in [-0.2, 0) is 4.74 Å². The third-order valence-electron chi connectivity index (χ3n) is 5.44. The molecule has 2 aromatic carbocycles. The van der Waals surface area contributed by atoms with Crippen LogP contribution in [0.4, 0.5) is 0 Å². The molecule has 1 aliphatic heterocycles. The molecule has 12 heteroatoms. The number of ether oxygens (including phenoxy) is 3. The molecule has 7 N–H and O–H groups in total. The van der Waals surface area contributed by atoms with Crippen LogP contribution >= 0.6 is 0 Å². The van der Waals surface area contributed by atoms with Gasteiger partial charge in [-0.15, -0.1) is 0 Å². The molecule has 34 heavy (non-hydrogen) atoms. The number of benzene rings is 2. The van der Waals surface area contributed by atoms with Crippen LogP contribution in [0.2, 0.25) is 0 Å². The lowest BCUT2D eigenvalue weighted by Crippen LogP contribution is -2.60. The Bertz CT molecular complexity index is 1270. The van der Waals surface area contributed by atoms with E-state index < -0.39 is 54.2 Å². The van der Waals surface area contributed by atoms with Crippen LogP contribution in [0.3, 0.4) is 0 Å². The molecule has 12 nitrogen and oxygen atoms in total. The number of aliphatic hydroxyl groups is 4. The van der Waals surface area contributed by atoms with E-state index >= 15 is 0 Å². The molecule has 182 valence electrons. The summed E-state index contributed by atoms with van der Waals surface area (Å²) in [6, 6.07) is 6.00. The Morgan fingerprint density at radius 3 is 2.35 bits per heavy atom. The molecule has 1 aromatic heterocycles. The fourth-order valence-corrected chi connectivity index (χ4v) is 3.68. The van der Waals surface area contributed by atoms with Gasteiger partial charge in [-0.1, -0.05) is 0 Å². The van der Waals surface area contributed by atoms with Gasteiger partial charge in [0.2, 0.25) is 17.5 Å². The van der Waals surface area contributed by atoms with Crippen LogP contribution < -0.4 is 14.9 Å². The van der Waals surface area contributed by atoms with Crippen molar-refractivity contribution in [2.45, 2.75) is 30.7 Å². The van der Waals surface area contributed by atoms with E-state index in [1.54, 1.807) is 0 Å². The van der Waals surface area contributed by atoms with E-state index in [0.29, 0.717) is 0 Å². The lowest BCUT2D eigenvalue weighted by molar-refractivity contribution is -0.277. The maximum atomic E-state index is 13.3. The van der Waals surface area contributed by atoms with Crippen LogP contribution in [-0.4, -0.2) is 80.2 Å². The van der Waals surface area contributed by atoms with E-state index in [1.807, 2.05) is 0 Å². The topological polar surface area (TPSA) is 200 Å². The van der Waals surface area contributed by atoms with Gasteiger partial charge in [-0.25, -0.2) is 0 Å². The monoisotopic (exact) mass is 478 g/mol. The van der Waals surface area contributed by atoms with Gasteiger partial charge in [-0.3, -0.25) is 4.79 Å². The molecule has 1 aliphatic rings. The summed E-state index contributed by atoms with van der Waals surface area (Å²) >= 11 is 0. The van der Waals surface area contributed by atoms with Gasteiger partial charge in [0.05, 0.1) is 13.7 Å². The predicted molar refractivity (Wildman–Crippen MR) is 114 cm³/mol. The number of fused-ring (bicyclic) bond motifs is 1. The van der Waals surface area contributed by atoms with E-state index in [2.05, 4.69) is 0 Å². The Morgan fingerprint density at radius 1 is 0.971 bits per heavy atom. The maximum absolute atomic E-state index is 13.3. The lowest BCUT2D eigenvalue weighted by atomic mass is 9.99. The fourth-order valence-electron chi connectivity index (χ4n) is 3.68. The smallest absolute Gasteiger partial charge is 0.239 e. The molecular formula is C22H22O12. The number of aliphatic hydroxyl groups excluding tert-OH is 4. The molecule has 5 atom stereocenters. The van der Waals surface area contributed by atoms with Crippen molar-refractivity contribution in [3.8, 4) is 40.1 Å². The first-order valence-electron chi connectivity index (χ1n) is 10.0. The number of methoxy groups -OCH3 is 1. The van der Waals surface area contributed by atoms with Crippen LogP contribution in [0, 0.1) is 0 Å². The Kier molecular flexibility index (Phi) is 6.25. The standard InChI is InChI=1S/C22H22O12/c1-31-12-3-2-8(4-10(12)25)20-21(17(28)15-11(26)5-9(24)6-13(15)32-20)34-22-19(30)18(29)16(27)14(7-23)33-22/h2-6,14,16,18-19,22-27,29-30H,7H2,1H3/t14-,16-,18+,19-,22+/m1/s1. The highest BCUT2D eigenvalue weighted by Crippen LogP contribution is 2.39. The minimum Gasteiger partial charge on any atom is -0.508 e. The van der Waals surface area contributed by atoms with Gasteiger partial charge in [-0.05, 0) is 18.2 Å². The number of rotatable bonds is 5. The highest BCUT2D eigenvalue weighted by molar-refractivity contribution is 5.88. The number of phenols is 3. The summed E-state index contributed by atoms with van der Waals surface area (Å²) in [5, 5.41) is 69.7. The highest BCUT2D eigenvalue weighted by Gasteiger charge is 2.45. The average molecular weight is 478 g/mol. The first-order valence-corrected chi connectivity index (χ1v) is 10.0. The van der Waals surface area contributed by atoms with E-state index in [0.717, 1.165) is 12.1 Å². The zero-order valence-electron chi connectivity index (χ0n) is 17.7. The van der Waals surface area contributed by atoms with Crippen molar-refractivity contribution in [3.05, 3.63) is 40.6 Å². The van der Waals surface area contributed by atoms with Gasteiger partial charge in [0.25, 0.3) is 0 Å². The minimum atomic E-state index is -1.83. The normalized spacial score (nSPS) is 24.8. The van der Waals surface area contributed by atoms with E-state index in [4.69, 9.17) is 18.6 Å². The SMILES string of the molecule is COc1ccc(-c2oc3cc(O)cc(O)c3c(=O)c2O[C@@H]2O[C@H](CO)[C@@H](O)[C@H](O)[C@H]2O)cc1O. The summed E-state index contributed by atoms with van der Waals surface area (Å²) in [6.07, 6.45) is -8.31. The summed E-state index contributed by atoms with van der Waals surface area (Å²) in [5.74, 6) is -2.05. The molecule has 3 aromatic rings. The summed E-state index contributed by atoms with van der Waals surface area (Å²) in [6.45, 7) is -0.726. The first kappa shape index (κ1) is 23.6. The van der Waals surface area contributed by atoms with E-state index in [1.165, 1.54) is 25.3 Å². The van der Waals surface area contributed by atoms with Crippen molar-refractivity contribution >= 4 is 11.0 Å². The molecular weight excluding hydrogens is 456 g/mol. The fraction of sp³-hybridized carbons (Fsp3) is 0.318. The Morgan fingerprint density at radius 2 is 1.71 bits per heavy atom. The molecule has 0 spiro atoms. The largest absolute Gasteiger partial charge is 0.508 e. The van der Waals surface area contributed by atoms with Gasteiger partial charge in [0, 0.05) is 17.7 Å². The summed E-state index contributed by atoms with van der Waals surface area (Å²) in [4.78, 5) is 13.3. The molecule has 0 aliphatic carbocycles. The molecule has 0 bridgehead atoms. The third kappa shape index (κ3) is 3.97. The van der Waals surface area contributed by atoms with Crippen LogP contribution in [0.1, 0.15) is 0 Å². The van der Waals surface area contributed by atoms with Gasteiger partial charge >= 0.3 is 0 Å². The van der Waals surface area contributed by atoms with Gasteiger partial charge in [-0.2, -0.15) is 0 Å². The molecule has 1 fully saturated rings. The second-order valence-corrected chi connectivity index (χ2v) is 7.63. The Balaban J connectivity index is 1.90. The van der Waals surface area contributed by atoms with Crippen LogP contribution in [0.25, 0.3) is 22.3 Å².